The van der Waals surface area contributed by atoms with Gasteiger partial charge in [-0.25, -0.2) is 9.78 Å². The molecule has 212 valence electrons. The van der Waals surface area contributed by atoms with Crippen LogP contribution < -0.4 is 15.5 Å². The van der Waals surface area contributed by atoms with E-state index in [2.05, 4.69) is 72.9 Å². The molecule has 3 atom stereocenters. The van der Waals surface area contributed by atoms with Crippen LogP contribution in [0.3, 0.4) is 0 Å². The zero-order valence-electron chi connectivity index (χ0n) is 24.1. The molecule has 2 amide bonds. The van der Waals surface area contributed by atoms with Crippen LogP contribution in [0.4, 0.5) is 16.2 Å². The largest absolute Gasteiger partial charge is 0.465 e. The summed E-state index contributed by atoms with van der Waals surface area (Å²) < 4.78 is 6.75. The van der Waals surface area contributed by atoms with Crippen LogP contribution in [0, 0.1) is 5.92 Å². The van der Waals surface area contributed by atoms with Crippen molar-refractivity contribution in [3.05, 3.63) is 66.6 Å². The molecule has 1 aromatic carbocycles. The molecule has 0 spiro atoms. The van der Waals surface area contributed by atoms with Gasteiger partial charge < -0.3 is 25.1 Å². The average molecular weight is 562 g/mol. The number of anilines is 2. The van der Waals surface area contributed by atoms with Crippen LogP contribution in [-0.2, 0) is 4.43 Å². The van der Waals surface area contributed by atoms with Gasteiger partial charge in [0.05, 0.1) is 35.2 Å². The minimum absolute atomic E-state index is 0.00969. The Morgan fingerprint density at radius 3 is 2.58 bits per heavy atom. The Labute approximate surface area is 236 Å². The van der Waals surface area contributed by atoms with Gasteiger partial charge in [0.15, 0.2) is 8.32 Å². The standard InChI is InChI=1S/C30H39N5O4Si/c1-8-20-9-10-21-11-12-22(32-23(21)15-20)28(36)33-24-16-31-14-13-26(24)35-17-19(2)27(25(18-35)34-29(37)38)39-40(6,7)30(3,4)5/h8-16,19,25,27,34H,1,17-18H2,2-7H3,(H,33,36)(H,37,38)/t19-,25+,27+/m0/s1. The third-order valence-electron chi connectivity index (χ3n) is 8.00. The molecule has 0 saturated carbocycles. The number of amides is 2. The maximum atomic E-state index is 13.3. The van der Waals surface area contributed by atoms with Gasteiger partial charge in [0.1, 0.15) is 5.69 Å². The fourth-order valence-corrected chi connectivity index (χ4v) is 6.23. The van der Waals surface area contributed by atoms with Crippen molar-refractivity contribution in [1.29, 1.82) is 0 Å². The molecule has 1 aliphatic rings. The SMILES string of the molecule is C=Cc1ccc2ccc(C(=O)Nc3cnccc3N3C[C@H](C)[C@@H](O[Si](C)(C)C(C)(C)C)[C@H](NC(=O)O)C3)nc2c1. The summed E-state index contributed by atoms with van der Waals surface area (Å²) in [6.45, 7) is 17.8. The zero-order chi connectivity index (χ0) is 29.2. The van der Waals surface area contributed by atoms with Crippen LogP contribution in [0.5, 0.6) is 0 Å². The van der Waals surface area contributed by atoms with Crippen molar-refractivity contribution in [2.75, 3.05) is 23.3 Å². The van der Waals surface area contributed by atoms with Crippen molar-refractivity contribution >= 4 is 48.7 Å². The summed E-state index contributed by atoms with van der Waals surface area (Å²) in [6.07, 6.45) is 3.65. The van der Waals surface area contributed by atoms with Gasteiger partial charge in [-0.3, -0.25) is 9.78 Å². The molecule has 9 nitrogen and oxygen atoms in total. The molecule has 10 heteroatoms. The molecular weight excluding hydrogens is 522 g/mol. The molecule has 3 N–H and O–H groups in total. The van der Waals surface area contributed by atoms with E-state index in [0.717, 1.165) is 16.6 Å². The Hall–Kier alpha value is -3.76. The molecule has 1 saturated heterocycles. The normalized spacial score (nSPS) is 19.8. The number of piperidine rings is 1. The van der Waals surface area contributed by atoms with Gasteiger partial charge in [0, 0.05) is 30.6 Å². The lowest BCUT2D eigenvalue weighted by atomic mass is 9.92. The van der Waals surface area contributed by atoms with Crippen molar-refractivity contribution in [3.63, 3.8) is 0 Å². The Balaban J connectivity index is 1.58. The molecule has 1 fully saturated rings. The molecule has 3 aromatic rings. The van der Waals surface area contributed by atoms with Crippen LogP contribution in [0.1, 0.15) is 43.7 Å². The quantitative estimate of drug-likeness (QED) is 0.303. The van der Waals surface area contributed by atoms with Gasteiger partial charge in [-0.15, -0.1) is 0 Å². The predicted molar refractivity (Wildman–Crippen MR) is 162 cm³/mol. The average Bonchev–Trinajstić information content (AvgIpc) is 2.89. The first-order valence-corrected chi connectivity index (χ1v) is 16.4. The van der Waals surface area contributed by atoms with Gasteiger partial charge in [0.2, 0.25) is 0 Å². The fourth-order valence-electron chi connectivity index (χ4n) is 4.80. The predicted octanol–water partition coefficient (Wildman–Crippen LogP) is 6.01. The number of rotatable bonds is 7. The number of nitrogens with zero attached hydrogens (tertiary/aromatic N) is 3. The number of fused-ring (bicyclic) bond motifs is 1. The first-order chi connectivity index (χ1) is 18.8. The topological polar surface area (TPSA) is 117 Å². The number of nitrogens with one attached hydrogen (secondary N) is 2. The number of benzene rings is 1. The monoisotopic (exact) mass is 561 g/mol. The van der Waals surface area contributed by atoms with E-state index in [4.69, 9.17) is 4.43 Å². The number of aromatic nitrogens is 2. The molecule has 0 radical (unpaired) electrons. The Bertz CT molecular complexity index is 1420. The summed E-state index contributed by atoms with van der Waals surface area (Å²) in [4.78, 5) is 35.9. The number of carbonyl (C=O) groups excluding carboxylic acids is 1. The van der Waals surface area contributed by atoms with Crippen molar-refractivity contribution in [1.82, 2.24) is 15.3 Å². The highest BCUT2D eigenvalue weighted by atomic mass is 28.4. The minimum atomic E-state index is -2.16. The summed E-state index contributed by atoms with van der Waals surface area (Å²) in [6, 6.07) is 10.7. The van der Waals surface area contributed by atoms with E-state index in [0.29, 0.717) is 24.3 Å². The molecule has 0 bridgehead atoms. The maximum Gasteiger partial charge on any atom is 0.405 e. The van der Waals surface area contributed by atoms with E-state index < -0.39 is 20.5 Å². The Kier molecular flexibility index (Phi) is 8.32. The van der Waals surface area contributed by atoms with Crippen molar-refractivity contribution in [2.45, 2.75) is 58.0 Å². The smallest absolute Gasteiger partial charge is 0.405 e. The zero-order valence-corrected chi connectivity index (χ0v) is 25.1. The lowest BCUT2D eigenvalue weighted by Crippen LogP contribution is -2.62. The first-order valence-electron chi connectivity index (χ1n) is 13.5. The van der Waals surface area contributed by atoms with E-state index in [-0.39, 0.29) is 28.7 Å². The molecule has 1 aliphatic heterocycles. The summed E-state index contributed by atoms with van der Waals surface area (Å²) in [7, 11) is -2.16. The number of carbonyl (C=O) groups is 2. The third kappa shape index (κ3) is 6.34. The summed E-state index contributed by atoms with van der Waals surface area (Å²) in [5, 5.41) is 16.2. The Morgan fingerprint density at radius 1 is 1.18 bits per heavy atom. The van der Waals surface area contributed by atoms with Crippen LogP contribution in [-0.4, -0.2) is 60.6 Å². The second kappa shape index (κ2) is 11.4. The van der Waals surface area contributed by atoms with Gasteiger partial charge in [0.25, 0.3) is 5.91 Å². The third-order valence-corrected chi connectivity index (χ3v) is 12.5. The van der Waals surface area contributed by atoms with E-state index in [1.807, 2.05) is 30.3 Å². The summed E-state index contributed by atoms with van der Waals surface area (Å²) in [5.41, 5.74) is 3.19. The highest BCUT2D eigenvalue weighted by Gasteiger charge is 2.45. The number of hydrogen-bond acceptors (Lipinski definition) is 6. The summed E-state index contributed by atoms with van der Waals surface area (Å²) in [5.74, 6) is -0.331. The van der Waals surface area contributed by atoms with E-state index >= 15 is 0 Å². The van der Waals surface area contributed by atoms with Gasteiger partial charge in [-0.2, -0.15) is 0 Å². The first kappa shape index (κ1) is 29.2. The second-order valence-corrected chi connectivity index (χ2v) is 16.7. The minimum Gasteiger partial charge on any atom is -0.465 e. The lowest BCUT2D eigenvalue weighted by molar-refractivity contribution is 0.0722. The van der Waals surface area contributed by atoms with Crippen LogP contribution in [0.25, 0.3) is 17.0 Å². The van der Waals surface area contributed by atoms with Crippen LogP contribution in [0.2, 0.25) is 18.1 Å². The van der Waals surface area contributed by atoms with Crippen molar-refractivity contribution < 1.29 is 19.1 Å². The number of pyridine rings is 2. The van der Waals surface area contributed by atoms with E-state index in [1.54, 1.807) is 24.5 Å². The maximum absolute atomic E-state index is 13.3. The Morgan fingerprint density at radius 2 is 1.90 bits per heavy atom. The van der Waals surface area contributed by atoms with Gasteiger partial charge in [-0.05, 0) is 41.9 Å². The van der Waals surface area contributed by atoms with Crippen molar-refractivity contribution in [2.24, 2.45) is 5.92 Å². The summed E-state index contributed by atoms with van der Waals surface area (Å²) >= 11 is 0. The van der Waals surface area contributed by atoms with Crippen LogP contribution >= 0.6 is 0 Å². The number of carboxylic acid groups (broad SMARTS) is 1. The van der Waals surface area contributed by atoms with Gasteiger partial charge in [-0.1, -0.05) is 58.5 Å². The van der Waals surface area contributed by atoms with Crippen molar-refractivity contribution in [3.8, 4) is 0 Å². The van der Waals surface area contributed by atoms with Crippen LogP contribution in [0.15, 0.2) is 55.4 Å². The molecule has 4 rings (SSSR count). The second-order valence-electron chi connectivity index (χ2n) is 12.0. The molecule has 2 aromatic heterocycles. The molecular formula is C30H39N5O4Si. The lowest BCUT2D eigenvalue weighted by Gasteiger charge is -2.48. The van der Waals surface area contributed by atoms with Gasteiger partial charge >= 0.3 is 6.09 Å². The number of hydrogen-bond donors (Lipinski definition) is 3. The highest BCUT2D eigenvalue weighted by molar-refractivity contribution is 6.74. The fraction of sp³-hybridized carbons (Fsp3) is 0.400. The molecule has 0 unspecified atom stereocenters. The van der Waals surface area contributed by atoms with E-state index in [1.165, 1.54) is 0 Å². The molecule has 0 aliphatic carbocycles. The molecule has 40 heavy (non-hydrogen) atoms. The molecule has 3 heterocycles. The highest BCUT2D eigenvalue weighted by Crippen LogP contribution is 2.40. The van der Waals surface area contributed by atoms with E-state index in [9.17, 15) is 14.7 Å².